The number of benzene rings is 1. The monoisotopic (exact) mass is 481 g/mol. The molecule has 0 aliphatic rings. The van der Waals surface area contributed by atoms with Gasteiger partial charge in [0.1, 0.15) is 5.82 Å². The van der Waals surface area contributed by atoms with Crippen molar-refractivity contribution >= 4 is 56.1 Å². The number of rotatable bonds is 9. The van der Waals surface area contributed by atoms with Crippen molar-refractivity contribution in [1.82, 2.24) is 18.8 Å². The topological polar surface area (TPSA) is 97.2 Å². The van der Waals surface area contributed by atoms with Crippen molar-refractivity contribution in [3.63, 3.8) is 0 Å². The number of thioether (sulfide) groups is 1. The fourth-order valence-electron chi connectivity index (χ4n) is 3.14. The van der Waals surface area contributed by atoms with Gasteiger partial charge in [0.25, 0.3) is 0 Å². The zero-order valence-corrected chi connectivity index (χ0v) is 19.9. The Labute approximate surface area is 191 Å². The standard InChI is InChI=1S/C20H24ClN5O3S2/c1-4-25(5-2)31(28,29)15-8-9-17-16(11-15)23-20(26(17)6-3)30-13-19(27)24-18-10-7-14(21)12-22-18/h7-12H,4-6,13H2,1-3H3,(H,22,24,27). The molecule has 0 aliphatic carbocycles. The average Bonchev–Trinajstić information content (AvgIpc) is 3.11. The van der Waals surface area contributed by atoms with Gasteiger partial charge in [0.15, 0.2) is 5.16 Å². The number of imidazole rings is 1. The van der Waals surface area contributed by atoms with Crippen LogP contribution in [0.4, 0.5) is 5.82 Å². The van der Waals surface area contributed by atoms with Crippen LogP contribution in [0.5, 0.6) is 0 Å². The van der Waals surface area contributed by atoms with E-state index in [4.69, 9.17) is 11.6 Å². The molecule has 11 heteroatoms. The third-order valence-corrected chi connectivity index (χ3v) is 7.92. The maximum atomic E-state index is 12.8. The lowest BCUT2D eigenvalue weighted by molar-refractivity contribution is -0.113. The molecule has 3 rings (SSSR count). The number of aryl methyl sites for hydroxylation is 1. The van der Waals surface area contributed by atoms with Gasteiger partial charge in [0, 0.05) is 25.8 Å². The number of hydrogen-bond acceptors (Lipinski definition) is 6. The van der Waals surface area contributed by atoms with E-state index in [-0.39, 0.29) is 16.6 Å². The molecule has 0 aliphatic heterocycles. The van der Waals surface area contributed by atoms with Crippen molar-refractivity contribution in [1.29, 1.82) is 0 Å². The molecule has 0 atom stereocenters. The van der Waals surface area contributed by atoms with Crippen LogP contribution in [0.25, 0.3) is 11.0 Å². The van der Waals surface area contributed by atoms with E-state index in [1.165, 1.54) is 22.3 Å². The maximum Gasteiger partial charge on any atom is 0.243 e. The molecule has 1 amide bonds. The Kier molecular flexibility index (Phi) is 7.58. The summed E-state index contributed by atoms with van der Waals surface area (Å²) >= 11 is 7.09. The molecule has 1 N–H and O–H groups in total. The van der Waals surface area contributed by atoms with E-state index in [0.29, 0.717) is 41.1 Å². The first-order valence-electron chi connectivity index (χ1n) is 9.84. The molecule has 2 heterocycles. The summed E-state index contributed by atoms with van der Waals surface area (Å²) in [6.07, 6.45) is 1.46. The predicted octanol–water partition coefficient (Wildman–Crippen LogP) is 3.87. The van der Waals surface area contributed by atoms with Crippen molar-refractivity contribution in [2.75, 3.05) is 24.2 Å². The minimum Gasteiger partial charge on any atom is -0.319 e. The van der Waals surface area contributed by atoms with Crippen molar-refractivity contribution < 1.29 is 13.2 Å². The summed E-state index contributed by atoms with van der Waals surface area (Å²) in [7, 11) is -3.57. The van der Waals surface area contributed by atoms with Crippen LogP contribution in [0.2, 0.25) is 5.02 Å². The van der Waals surface area contributed by atoms with E-state index >= 15 is 0 Å². The van der Waals surface area contributed by atoms with Gasteiger partial charge in [-0.1, -0.05) is 37.2 Å². The van der Waals surface area contributed by atoms with Gasteiger partial charge in [-0.3, -0.25) is 4.79 Å². The lowest BCUT2D eigenvalue weighted by Crippen LogP contribution is -2.30. The first kappa shape index (κ1) is 23.5. The van der Waals surface area contributed by atoms with Crippen LogP contribution in [-0.4, -0.2) is 52.0 Å². The number of hydrogen-bond donors (Lipinski definition) is 1. The van der Waals surface area contributed by atoms with E-state index in [2.05, 4.69) is 15.3 Å². The third kappa shape index (κ3) is 5.20. The van der Waals surface area contributed by atoms with Gasteiger partial charge in [-0.25, -0.2) is 18.4 Å². The fraction of sp³-hybridized carbons (Fsp3) is 0.350. The van der Waals surface area contributed by atoms with Crippen LogP contribution in [0, 0.1) is 0 Å². The van der Waals surface area contributed by atoms with Crippen molar-refractivity contribution in [2.24, 2.45) is 0 Å². The number of nitrogens with zero attached hydrogens (tertiary/aromatic N) is 4. The van der Waals surface area contributed by atoms with Crippen molar-refractivity contribution in [3.05, 3.63) is 41.6 Å². The van der Waals surface area contributed by atoms with Crippen LogP contribution in [0.3, 0.4) is 0 Å². The average molecular weight is 482 g/mol. The SMILES string of the molecule is CCN(CC)S(=O)(=O)c1ccc2c(c1)nc(SCC(=O)Nc1ccc(Cl)cn1)n2CC. The molecular weight excluding hydrogens is 458 g/mol. The number of halogens is 1. The summed E-state index contributed by atoms with van der Waals surface area (Å²) in [6, 6.07) is 8.25. The zero-order valence-electron chi connectivity index (χ0n) is 17.5. The first-order valence-corrected chi connectivity index (χ1v) is 12.6. The predicted molar refractivity (Wildman–Crippen MR) is 124 cm³/mol. The number of anilines is 1. The third-order valence-electron chi connectivity index (χ3n) is 4.67. The normalized spacial score (nSPS) is 11.9. The van der Waals surface area contributed by atoms with Gasteiger partial charge in [0.05, 0.1) is 26.7 Å². The Hall–Kier alpha value is -2.14. The minimum absolute atomic E-state index is 0.137. The molecule has 0 fully saturated rings. The number of pyridine rings is 1. The highest BCUT2D eigenvalue weighted by molar-refractivity contribution is 7.99. The number of amides is 1. The highest BCUT2D eigenvalue weighted by Crippen LogP contribution is 2.27. The Balaban J connectivity index is 1.81. The van der Waals surface area contributed by atoms with Crippen molar-refractivity contribution in [2.45, 2.75) is 37.4 Å². The molecule has 0 bridgehead atoms. The molecule has 0 radical (unpaired) electrons. The fourth-order valence-corrected chi connectivity index (χ4v) is 5.60. The lowest BCUT2D eigenvalue weighted by Gasteiger charge is -2.18. The van der Waals surface area contributed by atoms with E-state index in [0.717, 1.165) is 5.52 Å². The van der Waals surface area contributed by atoms with Gasteiger partial charge >= 0.3 is 0 Å². The van der Waals surface area contributed by atoms with Crippen LogP contribution < -0.4 is 5.32 Å². The van der Waals surface area contributed by atoms with Gasteiger partial charge in [0.2, 0.25) is 15.9 Å². The molecule has 166 valence electrons. The molecule has 0 saturated heterocycles. The van der Waals surface area contributed by atoms with Gasteiger partial charge in [-0.05, 0) is 37.3 Å². The smallest absolute Gasteiger partial charge is 0.243 e. The molecule has 3 aromatic rings. The van der Waals surface area contributed by atoms with Gasteiger partial charge in [-0.15, -0.1) is 0 Å². The molecular formula is C20H24ClN5O3S2. The van der Waals surface area contributed by atoms with Crippen LogP contribution in [0.15, 0.2) is 46.6 Å². The highest BCUT2D eigenvalue weighted by Gasteiger charge is 2.23. The quantitative estimate of drug-likeness (QED) is 0.466. The van der Waals surface area contributed by atoms with Gasteiger partial charge < -0.3 is 9.88 Å². The Morgan fingerprint density at radius 2 is 1.94 bits per heavy atom. The number of carbonyl (C=O) groups is 1. The van der Waals surface area contributed by atoms with E-state index < -0.39 is 10.0 Å². The second-order valence-corrected chi connectivity index (χ2v) is 9.89. The number of nitrogens with one attached hydrogen (secondary N) is 1. The summed E-state index contributed by atoms with van der Waals surface area (Å²) < 4.78 is 29.0. The molecule has 0 spiro atoms. The molecule has 2 aromatic heterocycles. The second kappa shape index (κ2) is 9.99. The molecule has 0 unspecified atom stereocenters. The lowest BCUT2D eigenvalue weighted by atomic mass is 10.3. The zero-order chi connectivity index (χ0) is 22.6. The molecule has 8 nitrogen and oxygen atoms in total. The minimum atomic E-state index is -3.57. The van der Waals surface area contributed by atoms with E-state index in [1.54, 1.807) is 30.3 Å². The van der Waals surface area contributed by atoms with E-state index in [1.807, 2.05) is 25.3 Å². The summed E-state index contributed by atoms with van der Waals surface area (Å²) in [5.41, 5.74) is 1.40. The van der Waals surface area contributed by atoms with Crippen molar-refractivity contribution in [3.8, 4) is 0 Å². The highest BCUT2D eigenvalue weighted by atomic mass is 35.5. The molecule has 0 saturated carbocycles. The molecule has 31 heavy (non-hydrogen) atoms. The maximum absolute atomic E-state index is 12.8. The Bertz CT molecular complexity index is 1180. The number of sulfonamides is 1. The summed E-state index contributed by atoms with van der Waals surface area (Å²) in [5.74, 6) is 0.336. The summed E-state index contributed by atoms with van der Waals surface area (Å²) in [4.78, 5) is 21.1. The van der Waals surface area contributed by atoms with E-state index in [9.17, 15) is 13.2 Å². The summed E-state index contributed by atoms with van der Waals surface area (Å²) in [6.45, 7) is 7.04. The van der Waals surface area contributed by atoms with Crippen LogP contribution >= 0.6 is 23.4 Å². The number of fused-ring (bicyclic) bond motifs is 1. The summed E-state index contributed by atoms with van der Waals surface area (Å²) in [5, 5.41) is 3.85. The second-order valence-electron chi connectivity index (χ2n) is 6.58. The van der Waals surface area contributed by atoms with Crippen LogP contribution in [0.1, 0.15) is 20.8 Å². The Morgan fingerprint density at radius 3 is 2.55 bits per heavy atom. The number of carbonyl (C=O) groups excluding carboxylic acids is 1. The largest absolute Gasteiger partial charge is 0.319 e. The first-order chi connectivity index (χ1) is 14.8. The molecule has 1 aromatic carbocycles. The van der Waals surface area contributed by atoms with Gasteiger partial charge in [-0.2, -0.15) is 4.31 Å². The Morgan fingerprint density at radius 1 is 1.19 bits per heavy atom. The van der Waals surface area contributed by atoms with Crippen LogP contribution in [-0.2, 0) is 21.4 Å². The number of aromatic nitrogens is 3.